The number of hydrogen-bond donors (Lipinski definition) is 1. The van der Waals surface area contributed by atoms with Crippen LogP contribution in [-0.4, -0.2) is 61.7 Å². The van der Waals surface area contributed by atoms with Gasteiger partial charge in [-0.05, 0) is 37.1 Å². The van der Waals surface area contributed by atoms with Gasteiger partial charge in [0.05, 0.1) is 12.0 Å². The fourth-order valence-electron chi connectivity index (χ4n) is 3.72. The van der Waals surface area contributed by atoms with Gasteiger partial charge in [-0.3, -0.25) is 14.2 Å². The lowest BCUT2D eigenvalue weighted by molar-refractivity contribution is -0.132. The van der Waals surface area contributed by atoms with Gasteiger partial charge < -0.3 is 15.1 Å². The predicted molar refractivity (Wildman–Crippen MR) is 119 cm³/mol. The minimum atomic E-state index is -0.163. The van der Waals surface area contributed by atoms with E-state index in [0.717, 1.165) is 24.4 Å². The lowest BCUT2D eigenvalue weighted by atomic mass is 10.3. The molecule has 1 aliphatic heterocycles. The quantitative estimate of drug-likeness (QED) is 0.623. The highest BCUT2D eigenvalue weighted by molar-refractivity contribution is 5.76. The molecule has 0 unspecified atom stereocenters. The lowest BCUT2D eigenvalue weighted by Gasteiger charge is -2.35. The summed E-state index contributed by atoms with van der Waals surface area (Å²) in [6.45, 7) is 2.46. The van der Waals surface area contributed by atoms with Crippen molar-refractivity contribution >= 4 is 23.4 Å². The molecule has 164 valence electrons. The molecule has 2 aliphatic rings. The van der Waals surface area contributed by atoms with Crippen LogP contribution in [0.5, 0.6) is 0 Å². The summed E-state index contributed by atoms with van der Waals surface area (Å²) < 4.78 is 1.39. The second-order valence-corrected chi connectivity index (χ2v) is 8.04. The van der Waals surface area contributed by atoms with E-state index < -0.39 is 0 Å². The Kier molecular flexibility index (Phi) is 5.49. The van der Waals surface area contributed by atoms with E-state index in [2.05, 4.69) is 30.4 Å². The summed E-state index contributed by atoms with van der Waals surface area (Å²) in [7, 11) is 0. The Hall–Kier alpha value is -3.82. The third-order valence-corrected chi connectivity index (χ3v) is 5.73. The van der Waals surface area contributed by atoms with Crippen LogP contribution in [0.25, 0.3) is 0 Å². The van der Waals surface area contributed by atoms with E-state index in [0.29, 0.717) is 43.7 Å². The van der Waals surface area contributed by atoms with Crippen LogP contribution in [0.4, 0.5) is 17.5 Å². The normalized spacial score (nSPS) is 16.1. The van der Waals surface area contributed by atoms with Gasteiger partial charge in [0.15, 0.2) is 11.6 Å². The molecule has 0 bridgehead atoms. The van der Waals surface area contributed by atoms with Crippen LogP contribution in [-0.2, 0) is 11.3 Å². The van der Waals surface area contributed by atoms with E-state index in [1.54, 1.807) is 17.2 Å². The molecule has 0 spiro atoms. The van der Waals surface area contributed by atoms with Gasteiger partial charge >= 0.3 is 0 Å². The Labute approximate surface area is 184 Å². The summed E-state index contributed by atoms with van der Waals surface area (Å²) in [5.41, 5.74) is 0.679. The average molecular weight is 432 g/mol. The van der Waals surface area contributed by atoms with Crippen molar-refractivity contribution in [3.8, 4) is 0 Å². The molecule has 0 radical (unpaired) electrons. The number of anilines is 3. The van der Waals surface area contributed by atoms with Gasteiger partial charge in [-0.1, -0.05) is 6.07 Å². The molecule has 1 N–H and O–H groups in total. The molecule has 1 amide bonds. The number of amides is 1. The maximum Gasteiger partial charge on any atom is 0.254 e. The number of hydrogen-bond acceptors (Lipinski definition) is 8. The molecular weight excluding hydrogens is 408 g/mol. The molecule has 0 aromatic carbocycles. The van der Waals surface area contributed by atoms with Crippen LogP contribution >= 0.6 is 0 Å². The van der Waals surface area contributed by atoms with Gasteiger partial charge in [-0.2, -0.15) is 0 Å². The highest BCUT2D eigenvalue weighted by Crippen LogP contribution is 2.38. The summed E-state index contributed by atoms with van der Waals surface area (Å²) in [5, 5.41) is 11.6. The SMILES string of the molecule is O=C(Cn1cnc(C2CC2)cc1=O)N1CCN(c2ccc(Nc3ccccn3)nn2)CC1. The maximum absolute atomic E-state index is 12.7. The Morgan fingerprint density at radius 2 is 1.84 bits per heavy atom. The van der Waals surface area contributed by atoms with Crippen LogP contribution in [0.2, 0.25) is 0 Å². The number of nitrogens with one attached hydrogen (secondary N) is 1. The first-order valence-corrected chi connectivity index (χ1v) is 10.8. The van der Waals surface area contributed by atoms with Gasteiger partial charge in [-0.15, -0.1) is 10.2 Å². The Balaban J connectivity index is 1.14. The first-order chi connectivity index (χ1) is 15.7. The predicted octanol–water partition coefficient (Wildman–Crippen LogP) is 1.40. The zero-order chi connectivity index (χ0) is 21.9. The van der Waals surface area contributed by atoms with Crippen molar-refractivity contribution in [1.82, 2.24) is 29.6 Å². The zero-order valence-corrected chi connectivity index (χ0v) is 17.6. The van der Waals surface area contributed by atoms with Gasteiger partial charge in [0.2, 0.25) is 5.91 Å². The van der Waals surface area contributed by atoms with Crippen LogP contribution in [0.3, 0.4) is 0 Å². The number of carbonyl (C=O) groups is 1. The molecule has 1 saturated carbocycles. The van der Waals surface area contributed by atoms with Crippen LogP contribution in [0, 0.1) is 0 Å². The fourth-order valence-corrected chi connectivity index (χ4v) is 3.72. The third-order valence-electron chi connectivity index (χ3n) is 5.73. The number of rotatable bonds is 6. The van der Waals surface area contributed by atoms with Crippen molar-refractivity contribution in [2.24, 2.45) is 0 Å². The first-order valence-electron chi connectivity index (χ1n) is 10.8. The lowest BCUT2D eigenvalue weighted by Crippen LogP contribution is -2.50. The topological polar surface area (TPSA) is 109 Å². The standard InChI is InChI=1S/C22H24N8O2/c31-21-13-17(16-4-5-16)24-15-30(21)14-22(32)29-11-9-28(10-12-29)20-7-6-19(26-27-20)25-18-3-1-2-8-23-18/h1-3,6-8,13,15-16H,4-5,9-12,14H2,(H,23,25,26). The fraction of sp³-hybridized carbons (Fsp3) is 0.364. The Morgan fingerprint density at radius 1 is 1.00 bits per heavy atom. The number of nitrogens with zero attached hydrogens (tertiary/aromatic N) is 7. The Bertz CT molecular complexity index is 1140. The van der Waals surface area contributed by atoms with Crippen molar-refractivity contribution in [2.75, 3.05) is 36.4 Å². The van der Waals surface area contributed by atoms with E-state index in [1.165, 1.54) is 10.9 Å². The first kappa shape index (κ1) is 20.1. The molecule has 5 rings (SSSR count). The molecule has 2 fully saturated rings. The summed E-state index contributed by atoms with van der Waals surface area (Å²) in [6, 6.07) is 10.9. The van der Waals surface area contributed by atoms with Crippen molar-refractivity contribution < 1.29 is 4.79 Å². The molecule has 4 heterocycles. The minimum absolute atomic E-state index is 0.0183. The van der Waals surface area contributed by atoms with Crippen molar-refractivity contribution in [1.29, 1.82) is 0 Å². The molecule has 10 nitrogen and oxygen atoms in total. The maximum atomic E-state index is 12.7. The third kappa shape index (κ3) is 4.58. The highest BCUT2D eigenvalue weighted by atomic mass is 16.2. The molecule has 3 aromatic heterocycles. The van der Waals surface area contributed by atoms with E-state index in [-0.39, 0.29) is 18.0 Å². The molecule has 3 aromatic rings. The van der Waals surface area contributed by atoms with E-state index in [4.69, 9.17) is 0 Å². The van der Waals surface area contributed by atoms with Crippen LogP contribution < -0.4 is 15.8 Å². The molecule has 10 heteroatoms. The molecule has 1 saturated heterocycles. The average Bonchev–Trinajstić information content (AvgIpc) is 3.67. The number of aromatic nitrogens is 5. The second kappa shape index (κ2) is 8.74. The molecule has 32 heavy (non-hydrogen) atoms. The highest BCUT2D eigenvalue weighted by Gasteiger charge is 2.26. The van der Waals surface area contributed by atoms with Crippen molar-refractivity contribution in [3.63, 3.8) is 0 Å². The summed E-state index contributed by atoms with van der Waals surface area (Å²) in [4.78, 5) is 37.4. The van der Waals surface area contributed by atoms with Gasteiger partial charge in [-0.25, -0.2) is 9.97 Å². The number of piperazine rings is 1. The van der Waals surface area contributed by atoms with Gasteiger partial charge in [0.25, 0.3) is 5.56 Å². The second-order valence-electron chi connectivity index (χ2n) is 8.04. The summed E-state index contributed by atoms with van der Waals surface area (Å²) in [6.07, 6.45) is 5.39. The van der Waals surface area contributed by atoms with E-state index in [1.807, 2.05) is 30.3 Å². The monoisotopic (exact) mass is 432 g/mol. The summed E-state index contributed by atoms with van der Waals surface area (Å²) >= 11 is 0. The van der Waals surface area contributed by atoms with E-state index in [9.17, 15) is 9.59 Å². The van der Waals surface area contributed by atoms with Crippen LogP contribution in [0.15, 0.2) is 53.7 Å². The smallest absolute Gasteiger partial charge is 0.254 e. The van der Waals surface area contributed by atoms with Crippen LogP contribution in [0.1, 0.15) is 24.5 Å². The molecular formula is C22H24N8O2. The molecule has 0 atom stereocenters. The largest absolute Gasteiger partial charge is 0.352 e. The molecule has 1 aliphatic carbocycles. The van der Waals surface area contributed by atoms with Gasteiger partial charge in [0, 0.05) is 44.4 Å². The van der Waals surface area contributed by atoms with Crippen molar-refractivity contribution in [3.05, 3.63) is 65.0 Å². The number of carbonyl (C=O) groups excluding carboxylic acids is 1. The Morgan fingerprint density at radius 3 is 2.50 bits per heavy atom. The zero-order valence-electron chi connectivity index (χ0n) is 17.6. The van der Waals surface area contributed by atoms with Gasteiger partial charge in [0.1, 0.15) is 12.4 Å². The minimum Gasteiger partial charge on any atom is -0.352 e. The van der Waals surface area contributed by atoms with Crippen molar-refractivity contribution in [2.45, 2.75) is 25.3 Å². The summed E-state index contributed by atoms with van der Waals surface area (Å²) in [5.74, 6) is 2.43. The number of pyridine rings is 1. The van der Waals surface area contributed by atoms with E-state index >= 15 is 0 Å².